The van der Waals surface area contributed by atoms with Crippen LogP contribution < -0.4 is 5.32 Å². The number of hydrogen-bond donors (Lipinski definition) is 3. The fraction of sp³-hybridized carbons (Fsp3) is 0.103. The van der Waals surface area contributed by atoms with Gasteiger partial charge < -0.3 is 15.5 Å². The highest BCUT2D eigenvalue weighted by atomic mass is 35.5. The summed E-state index contributed by atoms with van der Waals surface area (Å²) in [6.07, 6.45) is 0. The van der Waals surface area contributed by atoms with E-state index < -0.39 is 66.8 Å². The zero-order chi connectivity index (χ0) is 29.9. The summed E-state index contributed by atoms with van der Waals surface area (Å²) < 4.78 is 70.8. The number of sulfone groups is 1. The summed E-state index contributed by atoms with van der Waals surface area (Å²) in [4.78, 5) is 12.4. The number of aliphatic hydroxyl groups is 1. The van der Waals surface area contributed by atoms with E-state index in [2.05, 4.69) is 5.32 Å². The predicted molar refractivity (Wildman–Crippen MR) is 143 cm³/mol. The van der Waals surface area contributed by atoms with Gasteiger partial charge in [-0.3, -0.25) is 4.79 Å². The van der Waals surface area contributed by atoms with Crippen molar-refractivity contribution < 1.29 is 36.6 Å². The van der Waals surface area contributed by atoms with Crippen LogP contribution >= 0.6 is 11.6 Å². The number of nitriles is 1. The molecule has 0 aromatic heterocycles. The average Bonchev–Trinajstić information content (AvgIpc) is 2.93. The number of carbonyl (C=O) groups is 1. The number of phenolic OH excluding ortho intramolecular Hbond substituents is 1. The molecular formula is C29H20ClF3N2O5S. The van der Waals surface area contributed by atoms with Gasteiger partial charge in [0.15, 0.2) is 21.5 Å². The minimum absolute atomic E-state index is 0.0263. The number of para-hydroxylation sites is 1. The van der Waals surface area contributed by atoms with Gasteiger partial charge in [0.25, 0.3) is 5.91 Å². The Bertz CT molecular complexity index is 1800. The number of nitrogens with zero attached hydrogens (tertiary/aromatic N) is 1. The summed E-state index contributed by atoms with van der Waals surface area (Å²) in [5.74, 6) is -4.96. The van der Waals surface area contributed by atoms with Gasteiger partial charge in [-0.15, -0.1) is 0 Å². The molecule has 7 nitrogen and oxygen atoms in total. The molecule has 4 aromatic carbocycles. The number of halogens is 4. The van der Waals surface area contributed by atoms with Crippen molar-refractivity contribution in [2.45, 2.75) is 15.7 Å². The van der Waals surface area contributed by atoms with Crippen LogP contribution in [0.25, 0.3) is 0 Å². The van der Waals surface area contributed by atoms with Gasteiger partial charge in [-0.25, -0.2) is 21.6 Å². The molecule has 0 aliphatic heterocycles. The van der Waals surface area contributed by atoms with E-state index in [1.807, 2.05) is 6.07 Å². The molecule has 2 unspecified atom stereocenters. The summed E-state index contributed by atoms with van der Waals surface area (Å²) in [6.45, 7) is -0.915. The summed E-state index contributed by atoms with van der Waals surface area (Å²) in [5.41, 5.74) is -3.66. The fourth-order valence-corrected chi connectivity index (χ4v) is 6.65. The molecule has 0 saturated heterocycles. The Morgan fingerprint density at radius 2 is 1.71 bits per heavy atom. The van der Waals surface area contributed by atoms with Gasteiger partial charge in [-0.05, 0) is 65.7 Å². The third-order valence-electron chi connectivity index (χ3n) is 6.37. The van der Waals surface area contributed by atoms with Gasteiger partial charge in [0.2, 0.25) is 0 Å². The molecule has 210 valence electrons. The van der Waals surface area contributed by atoms with E-state index in [9.17, 15) is 41.9 Å². The molecule has 0 heterocycles. The predicted octanol–water partition coefficient (Wildman–Crippen LogP) is 5.17. The second-order valence-electron chi connectivity index (χ2n) is 8.99. The SMILES string of the molecule is N#Cc1ccc(C(C(O)(CNC(=O)c2ccccc2O)c2ccc(F)c(F)c2)S(=O)(=O)c2cccc(F)c2)cc1Cl. The van der Waals surface area contributed by atoms with Crippen molar-refractivity contribution in [2.75, 3.05) is 6.54 Å². The summed E-state index contributed by atoms with van der Waals surface area (Å²) in [5, 5.41) is 31.6. The Morgan fingerprint density at radius 1 is 0.976 bits per heavy atom. The first-order valence-electron chi connectivity index (χ1n) is 11.8. The van der Waals surface area contributed by atoms with Crippen molar-refractivity contribution in [2.24, 2.45) is 0 Å². The molecule has 4 rings (SSSR count). The lowest BCUT2D eigenvalue weighted by molar-refractivity contribution is 0.0295. The largest absolute Gasteiger partial charge is 0.507 e. The van der Waals surface area contributed by atoms with E-state index in [1.54, 1.807) is 0 Å². The molecule has 0 fully saturated rings. The highest BCUT2D eigenvalue weighted by molar-refractivity contribution is 7.91. The van der Waals surface area contributed by atoms with Crippen LogP contribution in [-0.4, -0.2) is 31.1 Å². The molecule has 3 N–H and O–H groups in total. The van der Waals surface area contributed by atoms with Crippen LogP contribution in [0, 0.1) is 28.8 Å². The zero-order valence-electron chi connectivity index (χ0n) is 20.9. The highest BCUT2D eigenvalue weighted by Gasteiger charge is 2.49. The second-order valence-corrected chi connectivity index (χ2v) is 11.4. The van der Waals surface area contributed by atoms with E-state index >= 15 is 0 Å². The van der Waals surface area contributed by atoms with E-state index in [-0.39, 0.29) is 21.7 Å². The highest BCUT2D eigenvalue weighted by Crippen LogP contribution is 2.45. The Kier molecular flexibility index (Phi) is 8.39. The second kappa shape index (κ2) is 11.6. The number of carbonyl (C=O) groups excluding carboxylic acids is 1. The van der Waals surface area contributed by atoms with Crippen LogP contribution in [0.2, 0.25) is 5.02 Å². The molecule has 0 spiro atoms. The van der Waals surface area contributed by atoms with Crippen molar-refractivity contribution in [3.8, 4) is 11.8 Å². The minimum atomic E-state index is -4.81. The van der Waals surface area contributed by atoms with Crippen molar-refractivity contribution in [3.05, 3.63) is 130 Å². The van der Waals surface area contributed by atoms with Crippen molar-refractivity contribution >= 4 is 27.3 Å². The molecule has 1 amide bonds. The molecule has 4 aromatic rings. The monoisotopic (exact) mass is 600 g/mol. The Hall–Kier alpha value is -4.37. The molecule has 0 saturated carbocycles. The van der Waals surface area contributed by atoms with Gasteiger partial charge in [-0.1, -0.05) is 41.9 Å². The molecule has 0 radical (unpaired) electrons. The molecule has 0 aliphatic carbocycles. The lowest BCUT2D eigenvalue weighted by atomic mass is 9.86. The molecule has 2 atom stereocenters. The maximum atomic E-state index is 14.5. The van der Waals surface area contributed by atoms with Crippen molar-refractivity contribution in [1.29, 1.82) is 5.26 Å². The lowest BCUT2D eigenvalue weighted by Crippen LogP contribution is -2.47. The Labute approximate surface area is 238 Å². The number of rotatable bonds is 8. The van der Waals surface area contributed by atoms with E-state index in [1.165, 1.54) is 36.4 Å². The van der Waals surface area contributed by atoms with Crippen LogP contribution in [-0.2, 0) is 15.4 Å². The molecular weight excluding hydrogens is 581 g/mol. The quantitative estimate of drug-likeness (QED) is 0.256. The summed E-state index contributed by atoms with van der Waals surface area (Å²) >= 11 is 6.20. The van der Waals surface area contributed by atoms with Crippen molar-refractivity contribution in [1.82, 2.24) is 5.32 Å². The normalized spacial score (nSPS) is 13.6. The zero-order valence-corrected chi connectivity index (χ0v) is 22.4. The van der Waals surface area contributed by atoms with Crippen LogP contribution in [0.1, 0.15) is 32.3 Å². The van der Waals surface area contributed by atoms with Gasteiger partial charge >= 0.3 is 0 Å². The van der Waals surface area contributed by atoms with Gasteiger partial charge in [-0.2, -0.15) is 5.26 Å². The lowest BCUT2D eigenvalue weighted by Gasteiger charge is -2.37. The fourth-order valence-electron chi connectivity index (χ4n) is 4.36. The topological polar surface area (TPSA) is 127 Å². The first-order chi connectivity index (χ1) is 19.4. The smallest absolute Gasteiger partial charge is 0.255 e. The summed E-state index contributed by atoms with van der Waals surface area (Å²) in [6, 6.07) is 16.8. The van der Waals surface area contributed by atoms with Gasteiger partial charge in [0.05, 0.1) is 27.6 Å². The van der Waals surface area contributed by atoms with Crippen LogP contribution in [0.5, 0.6) is 5.75 Å². The molecule has 0 bridgehead atoms. The first-order valence-corrected chi connectivity index (χ1v) is 13.7. The minimum Gasteiger partial charge on any atom is -0.507 e. The van der Waals surface area contributed by atoms with E-state index in [0.717, 1.165) is 30.3 Å². The maximum Gasteiger partial charge on any atom is 0.255 e. The van der Waals surface area contributed by atoms with E-state index in [4.69, 9.17) is 11.6 Å². The molecule has 0 aliphatic rings. The third kappa shape index (κ3) is 5.90. The third-order valence-corrected chi connectivity index (χ3v) is 8.88. The van der Waals surface area contributed by atoms with Crippen LogP contribution in [0.15, 0.2) is 89.8 Å². The molecule has 41 heavy (non-hydrogen) atoms. The van der Waals surface area contributed by atoms with Gasteiger partial charge in [0.1, 0.15) is 28.5 Å². The average molecular weight is 601 g/mol. The number of hydrogen-bond acceptors (Lipinski definition) is 6. The maximum absolute atomic E-state index is 14.5. The number of nitrogens with one attached hydrogen (secondary N) is 1. The first kappa shape index (κ1) is 29.6. The van der Waals surface area contributed by atoms with E-state index in [0.29, 0.717) is 18.2 Å². The summed E-state index contributed by atoms with van der Waals surface area (Å²) in [7, 11) is -4.81. The molecule has 12 heteroatoms. The number of phenols is 1. The van der Waals surface area contributed by atoms with Crippen molar-refractivity contribution in [3.63, 3.8) is 0 Å². The number of benzene rings is 4. The van der Waals surface area contributed by atoms with Crippen LogP contribution in [0.4, 0.5) is 13.2 Å². The number of amides is 1. The van der Waals surface area contributed by atoms with Gasteiger partial charge in [0, 0.05) is 0 Å². The van der Waals surface area contributed by atoms with Crippen LogP contribution in [0.3, 0.4) is 0 Å². The number of aromatic hydroxyl groups is 1. The standard InChI is InChI=1S/C29H20ClF3N2O5S/c30-23-12-17(8-9-18(23)15-34)27(41(39,40)21-5-3-4-20(31)14-21)29(38,19-10-11-24(32)25(33)13-19)16-35-28(37)22-6-1-2-7-26(22)36/h1-14,27,36,38H,16H2,(H,35,37). The Balaban J connectivity index is 1.97. The Morgan fingerprint density at radius 3 is 2.34 bits per heavy atom.